The molecule has 0 aliphatic heterocycles. The minimum atomic E-state index is -3.67. The van der Waals surface area contributed by atoms with Crippen molar-refractivity contribution >= 4 is 21.6 Å². The van der Waals surface area contributed by atoms with Crippen molar-refractivity contribution in [2.24, 2.45) is 0 Å². The average molecular weight is 417 g/mol. The number of anilines is 1. The van der Waals surface area contributed by atoms with Crippen molar-refractivity contribution in [3.8, 4) is 0 Å². The van der Waals surface area contributed by atoms with Crippen LogP contribution in [0, 0.1) is 0 Å². The van der Waals surface area contributed by atoms with Crippen molar-refractivity contribution in [2.75, 3.05) is 11.3 Å². The summed E-state index contributed by atoms with van der Waals surface area (Å²) in [6, 6.07) is 12.1. The van der Waals surface area contributed by atoms with Gasteiger partial charge in [0.25, 0.3) is 10.0 Å². The summed E-state index contributed by atoms with van der Waals surface area (Å²) in [5.41, 5.74) is 2.88. The molecule has 29 heavy (non-hydrogen) atoms. The number of aryl methyl sites for hydroxylation is 2. The lowest BCUT2D eigenvalue weighted by molar-refractivity contribution is -0.122. The molecule has 156 valence electrons. The first-order valence-corrected chi connectivity index (χ1v) is 11.3. The maximum Gasteiger partial charge on any atom is 0.261 e. The zero-order chi connectivity index (χ0) is 21.1. The molecule has 2 aromatic carbocycles. The van der Waals surface area contributed by atoms with Crippen LogP contribution in [0.4, 0.5) is 5.69 Å². The minimum absolute atomic E-state index is 0.151. The first-order chi connectivity index (χ1) is 13.7. The van der Waals surface area contributed by atoms with Crippen LogP contribution in [0.2, 0.25) is 0 Å². The molecule has 0 fully saturated rings. The van der Waals surface area contributed by atoms with Crippen LogP contribution in [-0.2, 0) is 34.1 Å². The number of nitrogens with one attached hydrogen (secondary N) is 2. The van der Waals surface area contributed by atoms with E-state index in [1.54, 1.807) is 50.2 Å². The van der Waals surface area contributed by atoms with Gasteiger partial charge in [0.15, 0.2) is 0 Å². The van der Waals surface area contributed by atoms with E-state index in [9.17, 15) is 18.3 Å². The summed E-state index contributed by atoms with van der Waals surface area (Å²) in [4.78, 5) is 12.3. The molecule has 0 spiro atoms. The molecule has 0 heterocycles. The number of amides is 1. The Kier molecular flexibility index (Phi) is 6.29. The maximum absolute atomic E-state index is 12.7. The third-order valence-electron chi connectivity index (χ3n) is 5.07. The van der Waals surface area contributed by atoms with Crippen molar-refractivity contribution in [3.63, 3.8) is 0 Å². The molecule has 0 saturated carbocycles. The molecule has 6 nitrogen and oxygen atoms in total. The van der Waals surface area contributed by atoms with Gasteiger partial charge in [-0.05, 0) is 80.5 Å². The molecule has 1 aliphatic rings. The highest BCUT2D eigenvalue weighted by molar-refractivity contribution is 7.92. The summed E-state index contributed by atoms with van der Waals surface area (Å²) < 4.78 is 28.1. The van der Waals surface area contributed by atoms with Gasteiger partial charge in [0.1, 0.15) is 0 Å². The van der Waals surface area contributed by atoms with E-state index in [2.05, 4.69) is 10.0 Å². The lowest BCUT2D eigenvalue weighted by atomic mass is 9.92. The summed E-state index contributed by atoms with van der Waals surface area (Å²) in [5.74, 6) is -0.202. The van der Waals surface area contributed by atoms with Crippen LogP contribution in [0.15, 0.2) is 47.4 Å². The summed E-state index contributed by atoms with van der Waals surface area (Å²) in [5, 5.41) is 12.0. The van der Waals surface area contributed by atoms with Gasteiger partial charge in [-0.15, -0.1) is 0 Å². The largest absolute Gasteiger partial charge is 0.394 e. The molecule has 0 aromatic heterocycles. The van der Waals surface area contributed by atoms with Crippen molar-refractivity contribution in [1.29, 1.82) is 0 Å². The summed E-state index contributed by atoms with van der Waals surface area (Å²) in [6.07, 6.45) is 4.32. The summed E-state index contributed by atoms with van der Waals surface area (Å²) >= 11 is 0. The van der Waals surface area contributed by atoms with Gasteiger partial charge < -0.3 is 10.4 Å². The summed E-state index contributed by atoms with van der Waals surface area (Å²) in [7, 11) is -3.67. The van der Waals surface area contributed by atoms with Gasteiger partial charge in [-0.1, -0.05) is 18.2 Å². The predicted molar refractivity (Wildman–Crippen MR) is 113 cm³/mol. The molecule has 1 amide bonds. The van der Waals surface area contributed by atoms with E-state index in [1.165, 1.54) is 5.56 Å². The number of aliphatic hydroxyl groups excluding tert-OH is 1. The summed E-state index contributed by atoms with van der Waals surface area (Å²) in [6.45, 7) is 3.33. The number of carbonyl (C=O) groups is 1. The Labute approximate surface area is 172 Å². The number of hydrogen-bond acceptors (Lipinski definition) is 4. The molecule has 1 aliphatic carbocycles. The highest BCUT2D eigenvalue weighted by atomic mass is 32.2. The lowest BCUT2D eigenvalue weighted by Crippen LogP contribution is -2.46. The molecule has 0 bridgehead atoms. The van der Waals surface area contributed by atoms with Crippen molar-refractivity contribution < 1.29 is 18.3 Å². The second-order valence-electron chi connectivity index (χ2n) is 8.21. The molecule has 0 radical (unpaired) electrons. The van der Waals surface area contributed by atoms with Gasteiger partial charge in [-0.25, -0.2) is 8.42 Å². The topological polar surface area (TPSA) is 95.5 Å². The Morgan fingerprint density at radius 1 is 1.03 bits per heavy atom. The van der Waals surface area contributed by atoms with E-state index in [-0.39, 0.29) is 23.8 Å². The monoisotopic (exact) mass is 416 g/mol. The number of benzene rings is 2. The van der Waals surface area contributed by atoms with Gasteiger partial charge in [0, 0.05) is 5.69 Å². The quantitative estimate of drug-likeness (QED) is 0.647. The third-order valence-corrected chi connectivity index (χ3v) is 6.45. The highest BCUT2D eigenvalue weighted by Crippen LogP contribution is 2.25. The Morgan fingerprint density at radius 3 is 2.34 bits per heavy atom. The lowest BCUT2D eigenvalue weighted by Gasteiger charge is -2.23. The molecule has 0 atom stereocenters. The number of hydrogen-bond donors (Lipinski definition) is 3. The smallest absolute Gasteiger partial charge is 0.261 e. The molecule has 0 unspecified atom stereocenters. The maximum atomic E-state index is 12.7. The van der Waals surface area contributed by atoms with Gasteiger partial charge in [0.05, 0.1) is 23.5 Å². The van der Waals surface area contributed by atoms with E-state index in [0.29, 0.717) is 5.69 Å². The van der Waals surface area contributed by atoms with E-state index < -0.39 is 15.6 Å². The van der Waals surface area contributed by atoms with E-state index in [0.717, 1.165) is 36.8 Å². The van der Waals surface area contributed by atoms with Crippen LogP contribution in [0.1, 0.15) is 43.4 Å². The van der Waals surface area contributed by atoms with Crippen molar-refractivity contribution in [3.05, 3.63) is 59.2 Å². The van der Waals surface area contributed by atoms with E-state index in [4.69, 9.17) is 0 Å². The van der Waals surface area contributed by atoms with E-state index >= 15 is 0 Å². The van der Waals surface area contributed by atoms with Gasteiger partial charge in [-0.2, -0.15) is 0 Å². The first-order valence-electron chi connectivity index (χ1n) is 9.84. The second kappa shape index (κ2) is 8.55. The molecule has 2 aromatic rings. The average Bonchev–Trinajstić information content (AvgIpc) is 2.68. The fourth-order valence-corrected chi connectivity index (χ4v) is 4.54. The molecular formula is C22H28N2O4S. The Bertz CT molecular complexity index is 982. The number of aliphatic hydroxyl groups is 1. The molecule has 0 saturated heterocycles. The van der Waals surface area contributed by atoms with Gasteiger partial charge >= 0.3 is 0 Å². The highest BCUT2D eigenvalue weighted by Gasteiger charge is 2.20. The minimum Gasteiger partial charge on any atom is -0.394 e. The number of sulfonamides is 1. The molecule has 7 heteroatoms. The van der Waals surface area contributed by atoms with Crippen molar-refractivity contribution in [1.82, 2.24) is 5.32 Å². The van der Waals surface area contributed by atoms with Gasteiger partial charge in [-0.3, -0.25) is 9.52 Å². The number of carbonyl (C=O) groups excluding carboxylic acids is 1. The second-order valence-corrected chi connectivity index (χ2v) is 9.89. The Balaban J connectivity index is 1.66. The van der Waals surface area contributed by atoms with E-state index in [1.807, 2.05) is 6.07 Å². The normalized spacial score (nSPS) is 14.2. The number of fused-ring (bicyclic) bond motifs is 1. The van der Waals surface area contributed by atoms with Crippen LogP contribution < -0.4 is 10.0 Å². The SMILES string of the molecule is CC(C)(CO)NC(=O)Cc1ccc(NS(=O)(=O)c2ccc3c(c2)CCCC3)cc1. The van der Waals surface area contributed by atoms with Crippen molar-refractivity contribution in [2.45, 2.75) is 56.4 Å². The third kappa shape index (κ3) is 5.58. The van der Waals surface area contributed by atoms with Crippen LogP contribution in [0.5, 0.6) is 0 Å². The Hall–Kier alpha value is -2.38. The molecular weight excluding hydrogens is 388 g/mol. The molecule has 3 N–H and O–H groups in total. The fourth-order valence-electron chi connectivity index (χ4n) is 3.43. The van der Waals surface area contributed by atoms with Crippen LogP contribution in [0.3, 0.4) is 0 Å². The first kappa shape index (κ1) is 21.3. The Morgan fingerprint density at radius 2 is 1.69 bits per heavy atom. The van der Waals surface area contributed by atoms with Crippen LogP contribution >= 0.6 is 0 Å². The fraction of sp³-hybridized carbons (Fsp3) is 0.409. The van der Waals surface area contributed by atoms with Crippen LogP contribution in [0.25, 0.3) is 0 Å². The van der Waals surface area contributed by atoms with Gasteiger partial charge in [0.2, 0.25) is 5.91 Å². The zero-order valence-electron chi connectivity index (χ0n) is 16.9. The van der Waals surface area contributed by atoms with Crippen LogP contribution in [-0.4, -0.2) is 31.6 Å². The standard InChI is InChI=1S/C22H28N2O4S/c1-22(2,15-25)23-21(26)13-16-7-10-19(11-8-16)24-29(27,28)20-12-9-17-5-3-4-6-18(17)14-20/h7-12,14,24-25H,3-6,13,15H2,1-2H3,(H,23,26). The number of rotatable bonds is 7. The zero-order valence-corrected chi connectivity index (χ0v) is 17.7. The predicted octanol–water partition coefficient (Wildman–Crippen LogP) is 2.80. The molecule has 3 rings (SSSR count).